The molecule has 15 heteroatoms. The van der Waals surface area contributed by atoms with Crippen molar-refractivity contribution in [3.8, 4) is 5.75 Å². The Balaban J connectivity index is 2.64. The first-order valence-corrected chi connectivity index (χ1v) is 12.1. The third kappa shape index (κ3) is 5.92. The average Bonchev–Trinajstić information content (AvgIpc) is 2.75. The van der Waals surface area contributed by atoms with Crippen LogP contribution in [0.15, 0.2) is 14.7 Å². The molecular weight excluding hydrogens is 484 g/mol. The maximum atomic E-state index is 11.4. The number of fused-ring (bicyclic) bond motifs is 1. The summed E-state index contributed by atoms with van der Waals surface area (Å²) in [6.07, 6.45) is -1.23. The number of hydrogen-bond acceptors (Lipinski definition) is 12. The molecule has 0 saturated carbocycles. The van der Waals surface area contributed by atoms with Crippen molar-refractivity contribution in [2.45, 2.75) is 38.9 Å². The lowest BCUT2D eigenvalue weighted by Crippen LogP contribution is -2.35. The van der Waals surface area contributed by atoms with Crippen LogP contribution in [0.5, 0.6) is 5.75 Å². The van der Waals surface area contributed by atoms with Crippen molar-refractivity contribution in [1.82, 2.24) is 0 Å². The molecule has 12 nitrogen and oxygen atoms in total. The summed E-state index contributed by atoms with van der Waals surface area (Å²) in [6.45, 7) is -0.211. The molecule has 178 valence electrons. The van der Waals surface area contributed by atoms with Crippen LogP contribution in [-0.4, -0.2) is 85.4 Å². The monoisotopic (exact) mass is 508 g/mol. The molecule has 1 aliphatic rings. The van der Waals surface area contributed by atoms with Gasteiger partial charge < -0.3 is 48.1 Å². The molecule has 0 amide bonds. The van der Waals surface area contributed by atoms with E-state index in [2.05, 4.69) is 5.32 Å². The Kier molecular flexibility index (Phi) is 9.32. The maximum absolute atomic E-state index is 11.4. The van der Waals surface area contributed by atoms with E-state index in [9.17, 15) is 29.7 Å². The molecule has 1 aromatic rings. The number of rotatable bonds is 11. The van der Waals surface area contributed by atoms with E-state index in [1.807, 2.05) is 0 Å². The molecule has 1 heterocycles. The molecule has 12 N–H and O–H groups in total. The zero-order valence-electron chi connectivity index (χ0n) is 16.6. The number of anilines is 1. The second-order valence-electron chi connectivity index (χ2n) is 6.73. The van der Waals surface area contributed by atoms with E-state index in [1.54, 1.807) is 0 Å². The Morgan fingerprint density at radius 3 is 2.06 bits per heavy atom. The molecule has 1 aliphatic heterocycles. The summed E-state index contributed by atoms with van der Waals surface area (Å²) in [5, 5.41) is 51.9. The van der Waals surface area contributed by atoms with Crippen LogP contribution in [0, 0.1) is 0 Å². The van der Waals surface area contributed by atoms with Gasteiger partial charge in [0.05, 0.1) is 16.7 Å². The molecule has 0 radical (unpaired) electrons. The van der Waals surface area contributed by atoms with Crippen LogP contribution in [0.4, 0.5) is 5.69 Å². The van der Waals surface area contributed by atoms with Gasteiger partial charge in [0.1, 0.15) is 18.1 Å². The number of hydrogen-bond donors (Lipinski definition) is 9. The molecule has 0 bridgehead atoms. The minimum Gasteiger partial charge on any atom is -0.505 e. The Morgan fingerprint density at radius 2 is 1.59 bits per heavy atom. The van der Waals surface area contributed by atoms with Crippen molar-refractivity contribution in [2.24, 2.45) is 17.2 Å². The number of thioether (sulfide) groups is 3. The number of phenols is 1. The number of benzene rings is 1. The predicted molar refractivity (Wildman–Crippen MR) is 121 cm³/mol. The van der Waals surface area contributed by atoms with Crippen molar-refractivity contribution in [3.63, 3.8) is 0 Å². The average molecular weight is 509 g/mol. The number of aliphatic carboxylic acids is 3. The number of carbonyl (C=O) groups is 3. The van der Waals surface area contributed by atoms with Gasteiger partial charge in [-0.25, -0.2) is 4.79 Å². The fraction of sp³-hybridized carbons (Fsp3) is 0.471. The third-order valence-electron chi connectivity index (χ3n) is 4.39. The van der Waals surface area contributed by atoms with Gasteiger partial charge in [-0.3, -0.25) is 9.59 Å². The van der Waals surface area contributed by atoms with Gasteiger partial charge in [-0.1, -0.05) is 0 Å². The van der Waals surface area contributed by atoms with Gasteiger partial charge in [-0.05, 0) is 0 Å². The summed E-state index contributed by atoms with van der Waals surface area (Å²) in [6, 6.07) is -3.53. The van der Waals surface area contributed by atoms with E-state index in [0.29, 0.717) is 4.90 Å². The first kappa shape index (κ1) is 26.4. The van der Waals surface area contributed by atoms with E-state index < -0.39 is 42.1 Å². The second kappa shape index (κ2) is 11.3. The van der Waals surface area contributed by atoms with E-state index >= 15 is 0 Å². The number of carboxylic acid groups (broad SMARTS) is 3. The van der Waals surface area contributed by atoms with Gasteiger partial charge in [-0.2, -0.15) is 0 Å². The van der Waals surface area contributed by atoms with Gasteiger partial charge >= 0.3 is 17.9 Å². The lowest BCUT2D eigenvalue weighted by atomic mass is 10.1. The number of aliphatic hydroxyl groups excluding tert-OH is 1. The van der Waals surface area contributed by atoms with Crippen molar-refractivity contribution < 1.29 is 39.9 Å². The van der Waals surface area contributed by atoms with Gasteiger partial charge in [0.15, 0.2) is 5.75 Å². The van der Waals surface area contributed by atoms with Crippen molar-refractivity contribution in [3.05, 3.63) is 5.56 Å². The van der Waals surface area contributed by atoms with Crippen LogP contribution in [-0.2, 0) is 14.4 Å². The lowest BCUT2D eigenvalue weighted by Gasteiger charge is -2.31. The highest BCUT2D eigenvalue weighted by atomic mass is 32.2. The highest BCUT2D eigenvalue weighted by Gasteiger charge is 2.34. The molecule has 0 aliphatic carbocycles. The molecular formula is C17H24N4O8S3. The molecule has 1 unspecified atom stereocenters. The smallest absolute Gasteiger partial charge is 0.327 e. The summed E-state index contributed by atoms with van der Waals surface area (Å²) < 4.78 is 0. The Bertz CT molecular complexity index is 903. The number of aliphatic hydroxyl groups is 1. The van der Waals surface area contributed by atoms with Crippen LogP contribution in [0.25, 0.3) is 0 Å². The van der Waals surface area contributed by atoms with Crippen molar-refractivity contribution >= 4 is 58.9 Å². The second-order valence-corrected chi connectivity index (χ2v) is 9.82. The van der Waals surface area contributed by atoms with Gasteiger partial charge in [0.2, 0.25) is 0 Å². The lowest BCUT2D eigenvalue weighted by molar-refractivity contribution is -0.138. The highest BCUT2D eigenvalue weighted by molar-refractivity contribution is 8.02. The van der Waals surface area contributed by atoms with E-state index in [4.69, 9.17) is 27.4 Å². The van der Waals surface area contributed by atoms with Crippen LogP contribution in [0.1, 0.15) is 11.7 Å². The molecule has 1 aromatic carbocycles. The minimum absolute atomic E-state index is 0.0643. The predicted octanol–water partition coefficient (Wildman–Crippen LogP) is -0.637. The number of aromatic hydroxyl groups is 1. The Morgan fingerprint density at radius 1 is 1.06 bits per heavy atom. The van der Waals surface area contributed by atoms with Crippen LogP contribution < -0.4 is 22.5 Å². The third-order valence-corrected chi connectivity index (χ3v) is 8.18. The summed E-state index contributed by atoms with van der Waals surface area (Å²) in [5.74, 6) is -4.19. The van der Waals surface area contributed by atoms with E-state index in [0.717, 1.165) is 35.3 Å². The summed E-state index contributed by atoms with van der Waals surface area (Å²) in [5.41, 5.74) is 17.2. The summed E-state index contributed by atoms with van der Waals surface area (Å²) in [7, 11) is 0. The molecule has 2 rings (SSSR count). The van der Waals surface area contributed by atoms with Crippen LogP contribution in [0.3, 0.4) is 0 Å². The van der Waals surface area contributed by atoms with Crippen molar-refractivity contribution in [2.75, 3.05) is 29.1 Å². The first-order valence-electron chi connectivity index (χ1n) is 9.14. The van der Waals surface area contributed by atoms with Gasteiger partial charge in [0, 0.05) is 39.2 Å². The highest BCUT2D eigenvalue weighted by Crippen LogP contribution is 2.53. The zero-order valence-corrected chi connectivity index (χ0v) is 19.0. The van der Waals surface area contributed by atoms with E-state index in [1.165, 1.54) is 0 Å². The first-order chi connectivity index (χ1) is 15.0. The zero-order chi connectivity index (χ0) is 24.2. The van der Waals surface area contributed by atoms with Crippen LogP contribution >= 0.6 is 35.3 Å². The number of nitrogens with two attached hydrogens (primary N) is 3. The minimum atomic E-state index is -1.27. The summed E-state index contributed by atoms with van der Waals surface area (Å²) in [4.78, 5) is 34.5. The number of phenolic OH excluding ortho intramolecular Hbond substituents is 1. The Hall–Kier alpha value is -1.88. The molecule has 0 aromatic heterocycles. The topological polar surface area (TPSA) is 242 Å². The number of nitrogens with one attached hydrogen (secondary N) is 1. The van der Waals surface area contributed by atoms with Crippen molar-refractivity contribution in [1.29, 1.82) is 0 Å². The summed E-state index contributed by atoms with van der Waals surface area (Å²) >= 11 is 2.94. The molecule has 32 heavy (non-hydrogen) atoms. The maximum Gasteiger partial charge on any atom is 0.327 e. The van der Waals surface area contributed by atoms with Crippen LogP contribution in [0.2, 0.25) is 0 Å². The van der Waals surface area contributed by atoms with Gasteiger partial charge in [0.25, 0.3) is 0 Å². The largest absolute Gasteiger partial charge is 0.505 e. The molecule has 0 fully saturated rings. The SMILES string of the molecule is NCC(O)c1c2c(c(O)c(SC[C@H](N)C(=O)O)c1SC[C@H](N)C(=O)O)N[C@H](C(=O)O)CS2. The quantitative estimate of drug-likeness (QED) is 0.133. The molecule has 0 saturated heterocycles. The molecule has 4 atom stereocenters. The Labute approximate surface area is 195 Å². The fourth-order valence-corrected chi connectivity index (χ4v) is 6.42. The molecule has 0 spiro atoms. The van der Waals surface area contributed by atoms with E-state index in [-0.39, 0.29) is 50.6 Å². The standard InChI is InChI=1S/C17H24N4O8S3/c18-1-8(22)9-12-10(21-7(4-32-12)17(28)29)11(23)14(31-3-6(20)16(26)27)13(9)30-2-5(19)15(24)25/h5-8,21-23H,1-4,18-20H2,(H,24,25)(H,26,27)(H,28,29)/t5-,6-,7-,8?/m0/s1. The number of carboxylic acids is 3. The fourth-order valence-electron chi connectivity index (χ4n) is 2.67. The van der Waals surface area contributed by atoms with Gasteiger partial charge in [-0.15, -0.1) is 35.3 Å². The normalized spacial score (nSPS) is 18.2.